The molecular weight excluding hydrogens is 346 g/mol. The van der Waals surface area contributed by atoms with E-state index in [4.69, 9.17) is 4.74 Å². The number of ether oxygens (including phenoxy) is 1. The van der Waals surface area contributed by atoms with Crippen molar-refractivity contribution < 1.29 is 19.4 Å². The fourth-order valence-electron chi connectivity index (χ4n) is 4.47. The van der Waals surface area contributed by atoms with Crippen LogP contribution in [-0.2, 0) is 4.79 Å². The third-order valence-electron chi connectivity index (χ3n) is 5.78. The third-order valence-corrected chi connectivity index (χ3v) is 5.78. The molecule has 142 valence electrons. The molecule has 1 amide bonds. The number of carbonyl (C=O) groups excluding carboxylic acids is 1. The van der Waals surface area contributed by atoms with Crippen LogP contribution in [0.15, 0.2) is 30.3 Å². The molecule has 2 aliphatic rings. The molecule has 3 unspecified atom stereocenters. The van der Waals surface area contributed by atoms with Gasteiger partial charge in [-0.1, -0.05) is 25.0 Å². The number of nitrogens with one attached hydrogen (secondary N) is 1. The van der Waals surface area contributed by atoms with E-state index in [9.17, 15) is 14.7 Å². The van der Waals surface area contributed by atoms with E-state index in [0.717, 1.165) is 31.2 Å². The van der Waals surface area contributed by atoms with Crippen molar-refractivity contribution in [1.29, 1.82) is 0 Å². The Kier molecular flexibility index (Phi) is 4.59. The minimum Gasteiger partial charge on any atom is -0.497 e. The molecule has 1 aromatic heterocycles. The van der Waals surface area contributed by atoms with Gasteiger partial charge < -0.3 is 14.7 Å². The second-order valence-electron chi connectivity index (χ2n) is 7.31. The van der Waals surface area contributed by atoms with Crippen molar-refractivity contribution in [3.63, 3.8) is 0 Å². The van der Waals surface area contributed by atoms with Gasteiger partial charge in [0.2, 0.25) is 0 Å². The number of aromatic amines is 1. The lowest BCUT2D eigenvalue weighted by Gasteiger charge is -2.32. The van der Waals surface area contributed by atoms with Gasteiger partial charge in [0.25, 0.3) is 5.91 Å². The van der Waals surface area contributed by atoms with Gasteiger partial charge in [0, 0.05) is 11.6 Å². The van der Waals surface area contributed by atoms with Crippen molar-refractivity contribution in [2.24, 2.45) is 5.92 Å². The van der Waals surface area contributed by atoms with E-state index in [1.165, 1.54) is 0 Å². The number of likely N-dealkylation sites (tertiary alicyclic amines) is 1. The summed E-state index contributed by atoms with van der Waals surface area (Å²) in [7, 11) is 1.60. The van der Waals surface area contributed by atoms with E-state index in [2.05, 4.69) is 10.2 Å². The number of rotatable bonds is 4. The number of fused-ring (bicyclic) bond motifs is 1. The summed E-state index contributed by atoms with van der Waals surface area (Å²) in [6, 6.07) is 8.37. The Balaban J connectivity index is 1.62. The molecule has 1 aliphatic heterocycles. The maximum atomic E-state index is 13.2. The number of hydrogen-bond acceptors (Lipinski definition) is 4. The highest BCUT2D eigenvalue weighted by atomic mass is 16.5. The molecule has 2 aromatic rings. The molecule has 2 heterocycles. The highest BCUT2D eigenvalue weighted by Crippen LogP contribution is 2.40. The number of aliphatic carboxylic acids is 1. The highest BCUT2D eigenvalue weighted by Gasteiger charge is 2.48. The Morgan fingerprint density at radius 2 is 2.07 bits per heavy atom. The molecule has 1 aliphatic carbocycles. The maximum absolute atomic E-state index is 13.2. The van der Waals surface area contributed by atoms with Gasteiger partial charge >= 0.3 is 5.97 Å². The van der Waals surface area contributed by atoms with Crippen LogP contribution in [0.5, 0.6) is 5.75 Å². The minimum atomic E-state index is -0.926. The second kappa shape index (κ2) is 7.06. The van der Waals surface area contributed by atoms with Crippen molar-refractivity contribution >= 4 is 11.9 Å². The van der Waals surface area contributed by atoms with Crippen LogP contribution < -0.4 is 4.74 Å². The summed E-state index contributed by atoms with van der Waals surface area (Å²) in [5.41, 5.74) is 1.78. The lowest BCUT2D eigenvalue weighted by molar-refractivity contribution is -0.141. The number of aromatic nitrogens is 2. The summed E-state index contributed by atoms with van der Waals surface area (Å²) < 4.78 is 5.23. The van der Waals surface area contributed by atoms with E-state index >= 15 is 0 Å². The zero-order chi connectivity index (χ0) is 19.0. The molecule has 0 radical (unpaired) electrons. The van der Waals surface area contributed by atoms with Crippen molar-refractivity contribution in [2.75, 3.05) is 7.11 Å². The fourth-order valence-corrected chi connectivity index (χ4v) is 4.47. The van der Waals surface area contributed by atoms with Gasteiger partial charge in [-0.2, -0.15) is 5.10 Å². The molecule has 0 bridgehead atoms. The first-order chi connectivity index (χ1) is 13.1. The molecule has 7 nitrogen and oxygen atoms in total. The summed E-state index contributed by atoms with van der Waals surface area (Å²) in [6.45, 7) is 0. The SMILES string of the molecule is COc1cccc(-c2cc(C(=O)N3C(C(=O)O)CC4CCCCC43)[nH]n2)c1. The lowest BCUT2D eigenvalue weighted by atomic mass is 9.84. The molecule has 7 heteroatoms. The third kappa shape index (κ3) is 3.18. The Morgan fingerprint density at radius 1 is 1.26 bits per heavy atom. The molecule has 0 spiro atoms. The molecular formula is C20H23N3O4. The van der Waals surface area contributed by atoms with Gasteiger partial charge in [-0.15, -0.1) is 0 Å². The second-order valence-corrected chi connectivity index (χ2v) is 7.31. The average Bonchev–Trinajstić information content (AvgIpc) is 3.33. The topological polar surface area (TPSA) is 95.5 Å². The molecule has 1 saturated heterocycles. The van der Waals surface area contributed by atoms with E-state index in [-0.39, 0.29) is 17.9 Å². The number of carboxylic acid groups (broad SMARTS) is 1. The number of carboxylic acids is 1. The Hall–Kier alpha value is -2.83. The number of nitrogens with zero attached hydrogens (tertiary/aromatic N) is 2. The van der Waals surface area contributed by atoms with Crippen molar-refractivity contribution in [3.8, 4) is 17.0 Å². The Morgan fingerprint density at radius 3 is 2.85 bits per heavy atom. The number of carbonyl (C=O) groups is 2. The number of benzene rings is 1. The smallest absolute Gasteiger partial charge is 0.326 e. The van der Waals surface area contributed by atoms with E-state index < -0.39 is 12.0 Å². The first-order valence-electron chi connectivity index (χ1n) is 9.34. The zero-order valence-corrected chi connectivity index (χ0v) is 15.2. The molecule has 3 atom stereocenters. The quantitative estimate of drug-likeness (QED) is 0.864. The number of H-pyrrole nitrogens is 1. The van der Waals surface area contributed by atoms with Crippen LogP contribution in [-0.4, -0.2) is 51.3 Å². The van der Waals surface area contributed by atoms with Crippen LogP contribution in [0.2, 0.25) is 0 Å². The first kappa shape index (κ1) is 17.6. The van der Waals surface area contributed by atoms with E-state index in [0.29, 0.717) is 23.6 Å². The number of hydrogen-bond donors (Lipinski definition) is 2. The summed E-state index contributed by atoms with van der Waals surface area (Å²) in [5, 5.41) is 16.7. The Labute approximate surface area is 157 Å². The molecule has 27 heavy (non-hydrogen) atoms. The van der Waals surface area contributed by atoms with Gasteiger partial charge in [0.1, 0.15) is 17.5 Å². The average molecular weight is 369 g/mol. The Bertz CT molecular complexity index is 862. The number of methoxy groups -OCH3 is 1. The van der Waals surface area contributed by atoms with Gasteiger partial charge in [-0.05, 0) is 43.4 Å². The van der Waals surface area contributed by atoms with Gasteiger partial charge in [-0.25, -0.2) is 4.79 Å². The molecule has 1 saturated carbocycles. The van der Waals surface area contributed by atoms with Crippen molar-refractivity contribution in [3.05, 3.63) is 36.0 Å². The molecule has 2 N–H and O–H groups in total. The zero-order valence-electron chi connectivity index (χ0n) is 15.2. The highest BCUT2D eigenvalue weighted by molar-refractivity contribution is 5.96. The van der Waals surface area contributed by atoms with Crippen LogP contribution in [0.4, 0.5) is 0 Å². The fraction of sp³-hybridized carbons (Fsp3) is 0.450. The van der Waals surface area contributed by atoms with Crippen LogP contribution in [0.25, 0.3) is 11.3 Å². The van der Waals surface area contributed by atoms with Crippen LogP contribution in [0.3, 0.4) is 0 Å². The predicted octanol–water partition coefficient (Wildman–Crippen LogP) is 2.94. The molecule has 4 rings (SSSR count). The predicted molar refractivity (Wildman–Crippen MR) is 98.5 cm³/mol. The van der Waals surface area contributed by atoms with Crippen molar-refractivity contribution in [2.45, 2.75) is 44.2 Å². The summed E-state index contributed by atoms with van der Waals surface area (Å²) >= 11 is 0. The van der Waals surface area contributed by atoms with Gasteiger partial charge in [0.15, 0.2) is 0 Å². The van der Waals surface area contributed by atoms with Crippen molar-refractivity contribution in [1.82, 2.24) is 15.1 Å². The lowest BCUT2D eigenvalue weighted by Crippen LogP contribution is -2.46. The van der Waals surface area contributed by atoms with Crippen LogP contribution >= 0.6 is 0 Å². The summed E-state index contributed by atoms with van der Waals surface area (Å²) in [6.07, 6.45) is 4.56. The number of amides is 1. The largest absolute Gasteiger partial charge is 0.497 e. The van der Waals surface area contributed by atoms with E-state index in [1.54, 1.807) is 18.1 Å². The normalized spacial score (nSPS) is 24.5. The molecule has 2 fully saturated rings. The standard InChI is InChI=1S/C20H23N3O4/c1-27-14-7-4-6-12(9-14)15-11-16(22-21-15)19(24)23-17-8-3-2-5-13(17)10-18(23)20(25)26/h4,6-7,9,11,13,17-18H,2-3,5,8,10H2,1H3,(H,21,22)(H,25,26). The maximum Gasteiger partial charge on any atom is 0.326 e. The van der Waals surface area contributed by atoms with E-state index in [1.807, 2.05) is 24.3 Å². The van der Waals surface area contributed by atoms with Crippen LogP contribution in [0, 0.1) is 5.92 Å². The van der Waals surface area contributed by atoms with Gasteiger partial charge in [-0.3, -0.25) is 9.89 Å². The van der Waals surface area contributed by atoms with Crippen LogP contribution in [0.1, 0.15) is 42.6 Å². The summed E-state index contributed by atoms with van der Waals surface area (Å²) in [5.74, 6) is -0.216. The monoisotopic (exact) mass is 369 g/mol. The summed E-state index contributed by atoms with van der Waals surface area (Å²) in [4.78, 5) is 26.5. The minimum absolute atomic E-state index is 0.0101. The van der Waals surface area contributed by atoms with Gasteiger partial charge in [0.05, 0.1) is 12.8 Å². The first-order valence-corrected chi connectivity index (χ1v) is 9.34. The molecule has 1 aromatic carbocycles.